The van der Waals surface area contributed by atoms with Gasteiger partial charge in [0.2, 0.25) is 0 Å². The average Bonchev–Trinajstić information content (AvgIpc) is 3.17. The molecule has 0 unspecified atom stereocenters. The molecule has 0 atom stereocenters. The van der Waals surface area contributed by atoms with Gasteiger partial charge in [0, 0.05) is 27.0 Å². The van der Waals surface area contributed by atoms with Crippen LogP contribution in [0.5, 0.6) is 0 Å². The fourth-order valence-corrected chi connectivity index (χ4v) is 4.96. The van der Waals surface area contributed by atoms with E-state index in [4.69, 9.17) is 5.73 Å². The van der Waals surface area contributed by atoms with Gasteiger partial charge < -0.3 is 15.6 Å². The number of anilines is 2. The van der Waals surface area contributed by atoms with Crippen molar-refractivity contribution < 1.29 is 18.5 Å². The minimum atomic E-state index is -2.64. The third-order valence-electron chi connectivity index (χ3n) is 4.91. The smallest absolute Gasteiger partial charge is 0.284 e. The van der Waals surface area contributed by atoms with Crippen molar-refractivity contribution in [1.29, 1.82) is 0 Å². The van der Waals surface area contributed by atoms with Gasteiger partial charge in [-0.15, -0.1) is 21.4 Å². The van der Waals surface area contributed by atoms with Gasteiger partial charge in [-0.05, 0) is 67.3 Å². The van der Waals surface area contributed by atoms with Gasteiger partial charge in [-0.25, -0.2) is 9.37 Å². The van der Waals surface area contributed by atoms with Gasteiger partial charge >= 0.3 is 0 Å². The van der Waals surface area contributed by atoms with E-state index in [1.807, 2.05) is 12.1 Å². The lowest BCUT2D eigenvalue weighted by Gasteiger charge is -2.10. The quantitative estimate of drug-likeness (QED) is 0.289. The minimum Gasteiger partial charge on any atom is -0.383 e. The molecule has 0 aliphatic heterocycles. The Labute approximate surface area is 200 Å². The zero-order chi connectivity index (χ0) is 24.6. The van der Waals surface area contributed by atoms with Crippen LogP contribution in [0.15, 0.2) is 59.1 Å². The van der Waals surface area contributed by atoms with Gasteiger partial charge in [-0.2, -0.15) is 4.36 Å². The zero-order valence-corrected chi connectivity index (χ0v) is 20.4. The third kappa shape index (κ3) is 5.19. The molecule has 4 aromatic rings. The van der Waals surface area contributed by atoms with Gasteiger partial charge in [0.05, 0.1) is 11.1 Å². The van der Waals surface area contributed by atoms with Gasteiger partial charge in [0.25, 0.3) is 11.8 Å². The number of halogens is 1. The fourth-order valence-electron chi connectivity index (χ4n) is 3.34. The Morgan fingerprint density at radius 1 is 1.15 bits per heavy atom. The highest BCUT2D eigenvalue weighted by molar-refractivity contribution is 7.98. The Morgan fingerprint density at radius 3 is 2.65 bits per heavy atom. The maximum atomic E-state index is 14.1. The standard InChI is InChI=1S/C24H23FN4O3S2/c1-13-4-6-19(25)17(8-13)24(31)28-16-5-7-20-14(9-16)11-21(33-20)18-10-15(12-27-22(18)26)23(30)29-34(2,3)32/h4-12,34H,1-3H3,(H2,26,27)(H,28,31)(H,29,30,32). The van der Waals surface area contributed by atoms with Gasteiger partial charge in [0.1, 0.15) is 11.6 Å². The number of fused-ring (bicyclic) bond motifs is 1. The van der Waals surface area contributed by atoms with Crippen LogP contribution in [0.2, 0.25) is 0 Å². The van der Waals surface area contributed by atoms with E-state index in [1.165, 1.54) is 42.2 Å². The molecule has 2 aromatic heterocycles. The predicted molar refractivity (Wildman–Crippen MR) is 139 cm³/mol. The second-order valence-electron chi connectivity index (χ2n) is 8.20. The number of rotatable bonds is 4. The highest BCUT2D eigenvalue weighted by Crippen LogP contribution is 2.37. The van der Waals surface area contributed by atoms with Crippen molar-refractivity contribution in [2.24, 2.45) is 4.36 Å². The molecule has 2 aromatic carbocycles. The average molecular weight is 499 g/mol. The van der Waals surface area contributed by atoms with Crippen LogP contribution in [-0.4, -0.2) is 33.9 Å². The molecule has 10 heteroatoms. The van der Waals surface area contributed by atoms with Gasteiger partial charge in [-0.1, -0.05) is 11.6 Å². The summed E-state index contributed by atoms with van der Waals surface area (Å²) in [5.74, 6) is -1.42. The number of nitrogens with two attached hydrogens (primary N) is 1. The SMILES string of the molecule is Cc1ccc(F)c(C(=O)Nc2ccc3sc(-c4cc(C(=O)N=[SH](C)(C)O)cnc4N)cc3c2)c1. The first-order chi connectivity index (χ1) is 16.0. The van der Waals surface area contributed by atoms with Crippen molar-refractivity contribution in [2.45, 2.75) is 6.92 Å². The lowest BCUT2D eigenvalue weighted by atomic mass is 10.1. The number of carbonyl (C=O) groups is 2. The summed E-state index contributed by atoms with van der Waals surface area (Å²) >= 11 is 1.45. The number of hydrogen-bond acceptors (Lipinski definition) is 5. The summed E-state index contributed by atoms with van der Waals surface area (Å²) in [7, 11) is -2.64. The first-order valence-corrected chi connectivity index (χ1v) is 13.6. The first kappa shape index (κ1) is 23.7. The lowest BCUT2D eigenvalue weighted by Crippen LogP contribution is -2.13. The number of nitrogens with one attached hydrogen (secondary N) is 1. The van der Waals surface area contributed by atoms with E-state index in [0.29, 0.717) is 11.3 Å². The van der Waals surface area contributed by atoms with Gasteiger partial charge in [0.15, 0.2) is 0 Å². The Bertz CT molecular complexity index is 1500. The van der Waals surface area contributed by atoms with Gasteiger partial charge in [-0.3, -0.25) is 9.59 Å². The molecule has 0 fully saturated rings. The predicted octanol–water partition coefficient (Wildman–Crippen LogP) is 5.19. The first-order valence-electron chi connectivity index (χ1n) is 10.2. The van der Waals surface area contributed by atoms with Crippen molar-refractivity contribution >= 4 is 54.8 Å². The topological polar surface area (TPSA) is 118 Å². The van der Waals surface area contributed by atoms with E-state index in [0.717, 1.165) is 20.5 Å². The number of nitrogens with zero attached hydrogens (tertiary/aromatic N) is 2. The van der Waals surface area contributed by atoms with E-state index < -0.39 is 27.7 Å². The summed E-state index contributed by atoms with van der Waals surface area (Å²) < 4.78 is 28.7. The van der Waals surface area contributed by atoms with Crippen molar-refractivity contribution in [3.63, 3.8) is 0 Å². The number of pyridine rings is 1. The van der Waals surface area contributed by atoms with E-state index in [9.17, 15) is 18.5 Å². The number of hydrogen-bond donors (Lipinski definition) is 4. The largest absolute Gasteiger partial charge is 0.383 e. The number of aryl methyl sites for hydroxylation is 1. The van der Waals surface area contributed by atoms with Crippen LogP contribution in [0.1, 0.15) is 26.3 Å². The number of aromatic nitrogens is 1. The molecule has 0 aliphatic carbocycles. The number of carbonyl (C=O) groups excluding carboxylic acids is 2. The van der Waals surface area contributed by atoms with Crippen molar-refractivity contribution in [3.05, 3.63) is 77.2 Å². The van der Waals surface area contributed by atoms with Crippen molar-refractivity contribution in [3.8, 4) is 10.4 Å². The number of nitrogen functional groups attached to an aromatic ring is 1. The Balaban J connectivity index is 1.65. The minimum absolute atomic E-state index is 0.0228. The summed E-state index contributed by atoms with van der Waals surface area (Å²) in [6, 6.07) is 13.2. The van der Waals surface area contributed by atoms with Crippen molar-refractivity contribution in [1.82, 2.24) is 4.98 Å². The summed E-state index contributed by atoms with van der Waals surface area (Å²) in [4.78, 5) is 29.9. The van der Waals surface area contributed by atoms with Crippen LogP contribution in [0.4, 0.5) is 15.9 Å². The second kappa shape index (κ2) is 9.05. The summed E-state index contributed by atoms with van der Waals surface area (Å²) in [6.07, 6.45) is 4.38. The molecule has 4 rings (SSSR count). The van der Waals surface area contributed by atoms with Crippen LogP contribution >= 0.6 is 11.3 Å². The van der Waals surface area contributed by atoms with Crippen LogP contribution in [0.25, 0.3) is 20.5 Å². The second-order valence-corrected chi connectivity index (χ2v) is 12.2. The van der Waals surface area contributed by atoms with Crippen LogP contribution < -0.4 is 11.1 Å². The molecule has 0 saturated carbocycles. The van der Waals surface area contributed by atoms with Crippen LogP contribution in [0.3, 0.4) is 0 Å². The van der Waals surface area contributed by atoms with E-state index >= 15 is 0 Å². The molecule has 34 heavy (non-hydrogen) atoms. The van der Waals surface area contributed by atoms with E-state index in [-0.39, 0.29) is 16.9 Å². The highest BCUT2D eigenvalue weighted by Gasteiger charge is 2.15. The Kier molecular flexibility index (Phi) is 6.30. The maximum absolute atomic E-state index is 14.1. The normalized spacial score (nSPS) is 11.9. The van der Waals surface area contributed by atoms with E-state index in [2.05, 4.69) is 14.7 Å². The maximum Gasteiger partial charge on any atom is 0.284 e. The lowest BCUT2D eigenvalue weighted by molar-refractivity contribution is 0.100. The third-order valence-corrected chi connectivity index (χ3v) is 6.73. The molecule has 4 N–H and O–H groups in total. The highest BCUT2D eigenvalue weighted by atomic mass is 32.3. The molecule has 0 radical (unpaired) electrons. The van der Waals surface area contributed by atoms with Crippen LogP contribution in [0, 0.1) is 12.7 Å². The summed E-state index contributed by atoms with van der Waals surface area (Å²) in [6.45, 7) is 1.79. The molecule has 0 aliphatic rings. The number of amides is 2. The molecule has 176 valence electrons. The Hall–Kier alpha value is -3.47. The molecule has 7 nitrogen and oxygen atoms in total. The molecule has 2 amide bonds. The number of thiol groups is 1. The zero-order valence-electron chi connectivity index (χ0n) is 18.7. The molecule has 0 spiro atoms. The molecule has 0 saturated heterocycles. The monoisotopic (exact) mass is 498 g/mol. The Morgan fingerprint density at radius 2 is 1.91 bits per heavy atom. The molecular weight excluding hydrogens is 475 g/mol. The molecule has 0 bridgehead atoms. The number of benzene rings is 2. The van der Waals surface area contributed by atoms with E-state index in [1.54, 1.807) is 31.2 Å². The van der Waals surface area contributed by atoms with Crippen LogP contribution in [-0.2, 0) is 10.1 Å². The number of thiophene rings is 1. The summed E-state index contributed by atoms with van der Waals surface area (Å²) in [5.41, 5.74) is 8.16. The molecular formula is C24H23FN4O3S2. The summed E-state index contributed by atoms with van der Waals surface area (Å²) in [5, 5.41) is 3.57. The van der Waals surface area contributed by atoms with Crippen molar-refractivity contribution in [2.75, 3.05) is 23.6 Å². The molecule has 2 heterocycles. The fraction of sp³-hybridized carbons (Fsp3) is 0.125.